The molecule has 2 aliphatic rings. The molecule has 4 heteroatoms. The van der Waals surface area contributed by atoms with Gasteiger partial charge in [0.1, 0.15) is 11.4 Å². The summed E-state index contributed by atoms with van der Waals surface area (Å²) in [4.78, 5) is 0. The molecule has 1 aromatic heterocycles. The highest BCUT2D eigenvalue weighted by molar-refractivity contribution is 6.03. The van der Waals surface area contributed by atoms with Crippen LogP contribution >= 0.6 is 0 Å². The van der Waals surface area contributed by atoms with E-state index in [0.717, 1.165) is 41.9 Å². The van der Waals surface area contributed by atoms with Gasteiger partial charge in [-0.3, -0.25) is 5.10 Å². The van der Waals surface area contributed by atoms with Gasteiger partial charge in [-0.05, 0) is 18.4 Å². The summed E-state index contributed by atoms with van der Waals surface area (Å²) in [5.74, 6) is 0.350. The van der Waals surface area contributed by atoms with E-state index >= 15 is 0 Å². The summed E-state index contributed by atoms with van der Waals surface area (Å²) >= 11 is 0. The number of fused-ring (bicyclic) bond motifs is 1. The number of hydrogen-bond donors (Lipinski definition) is 2. The Morgan fingerprint density at radius 2 is 2.09 bits per heavy atom. The smallest absolute Gasteiger partial charge is 0.117 e. The van der Waals surface area contributed by atoms with E-state index in [9.17, 15) is 5.21 Å². The Morgan fingerprint density at radius 1 is 1.30 bits per heavy atom. The van der Waals surface area contributed by atoms with Gasteiger partial charge >= 0.3 is 0 Å². The van der Waals surface area contributed by atoms with Crippen LogP contribution in [0.2, 0.25) is 0 Å². The molecular formula is C19H21N3O. The lowest BCUT2D eigenvalue weighted by Crippen LogP contribution is -2.26. The Bertz CT molecular complexity index is 771. The van der Waals surface area contributed by atoms with Crippen LogP contribution < -0.4 is 0 Å². The van der Waals surface area contributed by atoms with Gasteiger partial charge in [-0.1, -0.05) is 61.0 Å². The van der Waals surface area contributed by atoms with Gasteiger partial charge in [0, 0.05) is 29.0 Å². The van der Waals surface area contributed by atoms with Crippen LogP contribution in [0.4, 0.5) is 0 Å². The number of H-pyrrole nitrogens is 1. The SMILES string of the molecule is CC1(c2ccccc2)C=Cc2c(C(=NO)C3CCC3)n[nH]c2C1. The van der Waals surface area contributed by atoms with Crippen molar-refractivity contribution in [2.24, 2.45) is 11.1 Å². The number of hydrogen-bond acceptors (Lipinski definition) is 3. The monoisotopic (exact) mass is 307 g/mol. The van der Waals surface area contributed by atoms with Gasteiger partial charge in [0.2, 0.25) is 0 Å². The van der Waals surface area contributed by atoms with Crippen LogP contribution in [0.5, 0.6) is 0 Å². The fraction of sp³-hybridized carbons (Fsp3) is 0.368. The number of aromatic nitrogens is 2. The minimum Gasteiger partial charge on any atom is -0.411 e. The molecule has 4 nitrogen and oxygen atoms in total. The van der Waals surface area contributed by atoms with Crippen LogP contribution in [-0.4, -0.2) is 21.1 Å². The van der Waals surface area contributed by atoms with Crippen molar-refractivity contribution in [3.8, 4) is 0 Å². The maximum atomic E-state index is 9.43. The molecule has 1 unspecified atom stereocenters. The quantitative estimate of drug-likeness (QED) is 0.513. The minimum atomic E-state index is -0.0367. The van der Waals surface area contributed by atoms with E-state index in [1.54, 1.807) is 0 Å². The highest BCUT2D eigenvalue weighted by Gasteiger charge is 2.33. The van der Waals surface area contributed by atoms with E-state index in [1.165, 1.54) is 12.0 Å². The van der Waals surface area contributed by atoms with Crippen LogP contribution in [0.3, 0.4) is 0 Å². The Balaban J connectivity index is 1.69. The van der Waals surface area contributed by atoms with Crippen LogP contribution in [0.15, 0.2) is 41.6 Å². The third kappa shape index (κ3) is 2.29. The minimum absolute atomic E-state index is 0.0367. The number of aromatic amines is 1. The van der Waals surface area contributed by atoms with Gasteiger partial charge in [-0.25, -0.2) is 0 Å². The maximum Gasteiger partial charge on any atom is 0.117 e. The summed E-state index contributed by atoms with van der Waals surface area (Å²) in [6.45, 7) is 2.25. The molecule has 1 saturated carbocycles. The van der Waals surface area contributed by atoms with Crippen molar-refractivity contribution in [1.29, 1.82) is 0 Å². The molecule has 2 aromatic rings. The summed E-state index contributed by atoms with van der Waals surface area (Å²) in [5.41, 5.74) is 5.02. The molecule has 0 bridgehead atoms. The zero-order chi connectivity index (χ0) is 15.9. The number of benzene rings is 1. The molecule has 0 spiro atoms. The Hall–Kier alpha value is -2.36. The van der Waals surface area contributed by atoms with E-state index in [1.807, 2.05) is 6.07 Å². The Labute approximate surface area is 135 Å². The zero-order valence-electron chi connectivity index (χ0n) is 13.3. The number of nitrogens with zero attached hydrogens (tertiary/aromatic N) is 2. The second-order valence-corrected chi connectivity index (χ2v) is 6.87. The number of rotatable bonds is 3. The van der Waals surface area contributed by atoms with E-state index in [2.05, 4.69) is 58.7 Å². The second-order valence-electron chi connectivity index (χ2n) is 6.87. The average Bonchev–Trinajstić information content (AvgIpc) is 2.94. The number of oxime groups is 1. The predicted octanol–water partition coefficient (Wildman–Crippen LogP) is 3.92. The molecule has 2 N–H and O–H groups in total. The third-order valence-electron chi connectivity index (χ3n) is 5.32. The first-order valence-corrected chi connectivity index (χ1v) is 8.25. The highest BCUT2D eigenvalue weighted by atomic mass is 16.4. The maximum absolute atomic E-state index is 9.43. The molecule has 0 saturated heterocycles. The predicted molar refractivity (Wildman–Crippen MR) is 90.8 cm³/mol. The molecule has 1 fully saturated rings. The second kappa shape index (κ2) is 5.37. The van der Waals surface area contributed by atoms with Gasteiger partial charge in [-0.15, -0.1) is 0 Å². The van der Waals surface area contributed by atoms with Crippen molar-refractivity contribution in [2.45, 2.75) is 38.0 Å². The molecule has 0 amide bonds. The summed E-state index contributed by atoms with van der Waals surface area (Å²) < 4.78 is 0. The van der Waals surface area contributed by atoms with Gasteiger partial charge < -0.3 is 5.21 Å². The van der Waals surface area contributed by atoms with Crippen molar-refractivity contribution >= 4 is 11.8 Å². The fourth-order valence-electron chi connectivity index (χ4n) is 3.61. The summed E-state index contributed by atoms with van der Waals surface area (Å²) in [6, 6.07) is 10.5. The molecule has 1 atom stereocenters. The van der Waals surface area contributed by atoms with Crippen molar-refractivity contribution in [3.63, 3.8) is 0 Å². The largest absolute Gasteiger partial charge is 0.411 e. The van der Waals surface area contributed by atoms with Crippen molar-refractivity contribution in [2.75, 3.05) is 0 Å². The fourth-order valence-corrected chi connectivity index (χ4v) is 3.61. The van der Waals surface area contributed by atoms with Gasteiger partial charge in [0.25, 0.3) is 0 Å². The first-order chi connectivity index (χ1) is 11.2. The Kier molecular flexibility index (Phi) is 3.33. The van der Waals surface area contributed by atoms with E-state index in [4.69, 9.17) is 0 Å². The Morgan fingerprint density at radius 3 is 2.74 bits per heavy atom. The van der Waals surface area contributed by atoms with Crippen LogP contribution in [0, 0.1) is 5.92 Å². The topological polar surface area (TPSA) is 61.3 Å². The molecule has 1 aromatic carbocycles. The van der Waals surface area contributed by atoms with Crippen LogP contribution in [0.25, 0.3) is 6.08 Å². The van der Waals surface area contributed by atoms with E-state index in [-0.39, 0.29) is 5.41 Å². The molecule has 1 heterocycles. The van der Waals surface area contributed by atoms with E-state index in [0.29, 0.717) is 5.92 Å². The lowest BCUT2D eigenvalue weighted by molar-refractivity contribution is 0.305. The van der Waals surface area contributed by atoms with Crippen molar-refractivity contribution in [3.05, 3.63) is 58.9 Å². The summed E-state index contributed by atoms with van der Waals surface area (Å²) in [6.07, 6.45) is 8.64. The molecular weight excluding hydrogens is 286 g/mol. The average molecular weight is 307 g/mol. The lowest BCUT2D eigenvalue weighted by Gasteiger charge is -2.30. The van der Waals surface area contributed by atoms with Crippen LogP contribution in [0.1, 0.15) is 48.7 Å². The van der Waals surface area contributed by atoms with Crippen molar-refractivity contribution in [1.82, 2.24) is 10.2 Å². The van der Waals surface area contributed by atoms with Crippen LogP contribution in [-0.2, 0) is 11.8 Å². The molecule has 2 aliphatic carbocycles. The van der Waals surface area contributed by atoms with Crippen molar-refractivity contribution < 1.29 is 5.21 Å². The third-order valence-corrected chi connectivity index (χ3v) is 5.32. The molecule has 118 valence electrons. The molecule has 23 heavy (non-hydrogen) atoms. The molecule has 4 rings (SSSR count). The first-order valence-electron chi connectivity index (χ1n) is 8.25. The molecule has 0 radical (unpaired) electrons. The zero-order valence-corrected chi connectivity index (χ0v) is 13.3. The van der Waals surface area contributed by atoms with Gasteiger partial charge in [0.05, 0.1) is 0 Å². The molecule has 0 aliphatic heterocycles. The van der Waals surface area contributed by atoms with Gasteiger partial charge in [-0.2, -0.15) is 5.10 Å². The summed E-state index contributed by atoms with van der Waals surface area (Å²) in [5, 5.41) is 20.6. The lowest BCUT2D eigenvalue weighted by atomic mass is 9.74. The first kappa shape index (κ1) is 14.2. The van der Waals surface area contributed by atoms with Gasteiger partial charge in [0.15, 0.2) is 0 Å². The van der Waals surface area contributed by atoms with E-state index < -0.39 is 0 Å². The normalized spacial score (nSPS) is 24.3. The number of nitrogens with one attached hydrogen (secondary N) is 1. The summed E-state index contributed by atoms with van der Waals surface area (Å²) in [7, 11) is 0. The standard InChI is InChI=1S/C19H21N3O/c1-19(14-8-3-2-4-9-14)11-10-15-16(12-19)20-21-18(15)17(22-23)13-6-5-7-13/h2-4,8-11,13,23H,5-7,12H2,1H3,(H,20,21). The number of allylic oxidation sites excluding steroid dienone is 1. The highest BCUT2D eigenvalue weighted by Crippen LogP contribution is 2.37.